The number of rotatable bonds is 4. The van der Waals surface area contributed by atoms with Gasteiger partial charge in [0, 0.05) is 11.5 Å². The van der Waals surface area contributed by atoms with E-state index < -0.39 is 0 Å². The van der Waals surface area contributed by atoms with Crippen LogP contribution in [-0.4, -0.2) is 30.3 Å². The second-order valence-electron chi connectivity index (χ2n) is 5.68. The molecule has 0 aliphatic heterocycles. The maximum absolute atomic E-state index is 12.4. The molecule has 22 heavy (non-hydrogen) atoms. The van der Waals surface area contributed by atoms with Crippen LogP contribution in [0.25, 0.3) is 0 Å². The van der Waals surface area contributed by atoms with Gasteiger partial charge in [-0.2, -0.15) is 0 Å². The van der Waals surface area contributed by atoms with Gasteiger partial charge in [0.05, 0.1) is 19.8 Å². The molecular weight excluding hydrogens is 302 g/mol. The second kappa shape index (κ2) is 6.31. The molecule has 118 valence electrons. The van der Waals surface area contributed by atoms with Gasteiger partial charge in [-0.3, -0.25) is 10.1 Å². The van der Waals surface area contributed by atoms with Crippen molar-refractivity contribution in [3.63, 3.8) is 0 Å². The van der Waals surface area contributed by atoms with E-state index in [1.807, 2.05) is 20.8 Å². The molecule has 1 N–H and O–H groups in total. The molecule has 0 spiro atoms. The lowest BCUT2D eigenvalue weighted by atomic mass is 9.98. The minimum atomic E-state index is -0.295. The number of hydrogen-bond acceptors (Lipinski definition) is 6. The van der Waals surface area contributed by atoms with Crippen molar-refractivity contribution in [3.8, 4) is 11.5 Å². The van der Waals surface area contributed by atoms with Crippen LogP contribution >= 0.6 is 11.3 Å². The summed E-state index contributed by atoms with van der Waals surface area (Å²) in [6.45, 7) is 6.14. The van der Waals surface area contributed by atoms with E-state index in [1.165, 1.54) is 18.4 Å². The van der Waals surface area contributed by atoms with Gasteiger partial charge in [0.15, 0.2) is 0 Å². The van der Waals surface area contributed by atoms with E-state index >= 15 is 0 Å². The van der Waals surface area contributed by atoms with Gasteiger partial charge in [-0.15, -0.1) is 10.2 Å². The number of ether oxygens (including phenoxy) is 2. The van der Waals surface area contributed by atoms with E-state index in [9.17, 15) is 4.79 Å². The first-order chi connectivity index (χ1) is 10.3. The Bertz CT molecular complexity index is 677. The van der Waals surface area contributed by atoms with Gasteiger partial charge in [0.1, 0.15) is 16.5 Å². The van der Waals surface area contributed by atoms with Crippen LogP contribution in [0, 0.1) is 0 Å². The fraction of sp³-hybridized carbons (Fsp3) is 0.400. The highest BCUT2D eigenvalue weighted by Crippen LogP contribution is 2.29. The Kier molecular flexibility index (Phi) is 4.65. The van der Waals surface area contributed by atoms with Gasteiger partial charge >= 0.3 is 0 Å². The van der Waals surface area contributed by atoms with E-state index in [4.69, 9.17) is 9.47 Å². The molecule has 1 amide bonds. The minimum Gasteiger partial charge on any atom is -0.497 e. The van der Waals surface area contributed by atoms with Crippen molar-refractivity contribution in [2.24, 2.45) is 0 Å². The highest BCUT2D eigenvalue weighted by atomic mass is 32.1. The first kappa shape index (κ1) is 16.2. The van der Waals surface area contributed by atoms with Gasteiger partial charge in [0.25, 0.3) is 5.91 Å². The van der Waals surface area contributed by atoms with Crippen molar-refractivity contribution in [2.45, 2.75) is 26.2 Å². The average molecular weight is 321 g/mol. The number of aromatic nitrogens is 2. The van der Waals surface area contributed by atoms with Gasteiger partial charge in [-0.1, -0.05) is 32.1 Å². The van der Waals surface area contributed by atoms with Crippen molar-refractivity contribution in [2.75, 3.05) is 19.5 Å². The van der Waals surface area contributed by atoms with Crippen LogP contribution in [-0.2, 0) is 5.41 Å². The number of nitrogens with one attached hydrogen (secondary N) is 1. The third-order valence-electron chi connectivity index (χ3n) is 2.94. The van der Waals surface area contributed by atoms with Crippen LogP contribution in [0.5, 0.6) is 11.5 Å². The summed E-state index contributed by atoms with van der Waals surface area (Å²) in [5.41, 5.74) is 0.314. The third kappa shape index (κ3) is 3.54. The normalized spacial score (nSPS) is 11.1. The number of nitrogens with zero attached hydrogens (tertiary/aromatic N) is 2. The van der Waals surface area contributed by atoms with Crippen molar-refractivity contribution in [1.82, 2.24) is 10.2 Å². The molecule has 0 unspecified atom stereocenters. The Morgan fingerprint density at radius 2 is 1.91 bits per heavy atom. The molecule has 0 aliphatic rings. The lowest BCUT2D eigenvalue weighted by Crippen LogP contribution is -2.13. The Labute approximate surface area is 133 Å². The van der Waals surface area contributed by atoms with Crippen LogP contribution in [0.4, 0.5) is 5.13 Å². The summed E-state index contributed by atoms with van der Waals surface area (Å²) >= 11 is 1.36. The number of carbonyl (C=O) groups is 1. The maximum atomic E-state index is 12.4. The average Bonchev–Trinajstić information content (AvgIpc) is 2.95. The number of methoxy groups -OCH3 is 2. The Morgan fingerprint density at radius 3 is 2.45 bits per heavy atom. The molecule has 0 atom stereocenters. The van der Waals surface area contributed by atoms with Gasteiger partial charge in [-0.25, -0.2) is 0 Å². The fourth-order valence-corrected chi connectivity index (χ4v) is 2.52. The zero-order chi connectivity index (χ0) is 16.3. The molecule has 0 saturated carbocycles. The first-order valence-corrected chi connectivity index (χ1v) is 7.54. The van der Waals surface area contributed by atoms with Gasteiger partial charge < -0.3 is 9.47 Å². The summed E-state index contributed by atoms with van der Waals surface area (Å²) in [6, 6.07) is 5.02. The molecule has 1 aromatic carbocycles. The number of carbonyl (C=O) groups excluding carboxylic acids is 1. The lowest BCUT2D eigenvalue weighted by Gasteiger charge is -2.12. The fourth-order valence-electron chi connectivity index (χ4n) is 1.73. The van der Waals surface area contributed by atoms with E-state index in [1.54, 1.807) is 25.3 Å². The summed E-state index contributed by atoms with van der Waals surface area (Å²) in [5, 5.41) is 12.2. The quantitative estimate of drug-likeness (QED) is 0.936. The minimum absolute atomic E-state index is 0.0988. The Hall–Kier alpha value is -2.15. The molecular formula is C15H19N3O3S. The number of amides is 1. The van der Waals surface area contributed by atoms with Crippen molar-refractivity contribution in [3.05, 3.63) is 28.8 Å². The van der Waals surface area contributed by atoms with Crippen LogP contribution in [0.1, 0.15) is 36.1 Å². The Morgan fingerprint density at radius 1 is 1.18 bits per heavy atom. The molecule has 0 aliphatic carbocycles. The van der Waals surface area contributed by atoms with E-state index in [2.05, 4.69) is 15.5 Å². The predicted octanol–water partition coefficient (Wildman–Crippen LogP) is 3.11. The third-order valence-corrected chi connectivity index (χ3v) is 4.20. The van der Waals surface area contributed by atoms with Gasteiger partial charge in [-0.05, 0) is 12.1 Å². The molecule has 1 heterocycles. The van der Waals surface area contributed by atoms with Gasteiger partial charge in [0.2, 0.25) is 5.13 Å². The van der Waals surface area contributed by atoms with Crippen LogP contribution in [0.2, 0.25) is 0 Å². The summed E-state index contributed by atoms with van der Waals surface area (Å²) in [7, 11) is 3.07. The predicted molar refractivity (Wildman–Crippen MR) is 86.1 cm³/mol. The summed E-state index contributed by atoms with van der Waals surface area (Å²) in [4.78, 5) is 12.4. The standard InChI is InChI=1S/C15H19N3O3S/c1-15(2,3)13-17-18-14(22-13)16-12(19)10-7-6-9(20-4)8-11(10)21-5/h6-8H,1-5H3,(H,16,18,19). The van der Waals surface area contributed by atoms with Crippen LogP contribution < -0.4 is 14.8 Å². The molecule has 2 aromatic rings. The molecule has 7 heteroatoms. The van der Waals surface area contributed by atoms with E-state index in [0.717, 1.165) is 5.01 Å². The largest absolute Gasteiger partial charge is 0.497 e. The molecule has 6 nitrogen and oxygen atoms in total. The van der Waals surface area contributed by atoms with Crippen LogP contribution in [0.15, 0.2) is 18.2 Å². The monoisotopic (exact) mass is 321 g/mol. The molecule has 0 fully saturated rings. The van der Waals surface area contributed by atoms with Crippen molar-refractivity contribution in [1.29, 1.82) is 0 Å². The van der Waals surface area contributed by atoms with Crippen LogP contribution in [0.3, 0.4) is 0 Å². The molecule has 0 saturated heterocycles. The zero-order valence-electron chi connectivity index (χ0n) is 13.3. The highest BCUT2D eigenvalue weighted by molar-refractivity contribution is 7.15. The summed E-state index contributed by atoms with van der Waals surface area (Å²) < 4.78 is 10.4. The first-order valence-electron chi connectivity index (χ1n) is 6.72. The molecule has 0 bridgehead atoms. The molecule has 1 aromatic heterocycles. The molecule has 0 radical (unpaired) electrons. The highest BCUT2D eigenvalue weighted by Gasteiger charge is 2.21. The topological polar surface area (TPSA) is 73.3 Å². The zero-order valence-corrected chi connectivity index (χ0v) is 14.1. The maximum Gasteiger partial charge on any atom is 0.261 e. The van der Waals surface area contributed by atoms with Crippen molar-refractivity contribution < 1.29 is 14.3 Å². The van der Waals surface area contributed by atoms with E-state index in [-0.39, 0.29) is 11.3 Å². The summed E-state index contributed by atoms with van der Waals surface area (Å²) in [6.07, 6.45) is 0. The summed E-state index contributed by atoms with van der Waals surface area (Å²) in [5.74, 6) is 0.771. The second-order valence-corrected chi connectivity index (χ2v) is 6.66. The molecule has 2 rings (SSSR count). The number of hydrogen-bond donors (Lipinski definition) is 1. The van der Waals surface area contributed by atoms with E-state index in [0.29, 0.717) is 22.2 Å². The SMILES string of the molecule is COc1ccc(C(=O)Nc2nnc(C(C)(C)C)s2)c(OC)c1. The number of benzene rings is 1. The Balaban J connectivity index is 2.20. The van der Waals surface area contributed by atoms with Crippen molar-refractivity contribution >= 4 is 22.4 Å². The smallest absolute Gasteiger partial charge is 0.261 e. The lowest BCUT2D eigenvalue weighted by molar-refractivity contribution is 0.102. The number of anilines is 1.